The Balaban J connectivity index is 2.46. The Hall–Kier alpha value is -0.503. The number of allylic oxidation sites excluding steroid dienone is 1. The lowest BCUT2D eigenvalue weighted by molar-refractivity contribution is -0.123. The summed E-state index contributed by atoms with van der Waals surface area (Å²) in [5.41, 5.74) is 0. The van der Waals surface area contributed by atoms with E-state index in [1.165, 1.54) is 109 Å². The molecule has 47 heavy (non-hydrogen) atoms. The second-order valence-corrected chi connectivity index (χ2v) is 22.8. The van der Waals surface area contributed by atoms with Crippen LogP contribution in [0.4, 0.5) is 0 Å². The van der Waals surface area contributed by atoms with E-state index < -0.39 is 19.4 Å². The molecule has 0 aromatic rings. The molecule has 0 unspecified atom stereocenters. The van der Waals surface area contributed by atoms with Crippen LogP contribution in [0, 0.1) is 11.8 Å². The maximum absolute atomic E-state index is 13.3. The lowest BCUT2D eigenvalue weighted by Crippen LogP contribution is -2.47. The van der Waals surface area contributed by atoms with Gasteiger partial charge in [-0.25, -0.2) is 4.21 Å². The third-order valence-electron chi connectivity index (χ3n) is 10.2. The molecule has 1 rings (SSSR count). The number of amides is 1. The molecule has 1 aliphatic heterocycles. The summed E-state index contributed by atoms with van der Waals surface area (Å²) < 4.78 is 24.8. The molecule has 0 aromatic carbocycles. The van der Waals surface area contributed by atoms with Gasteiger partial charge in [0, 0.05) is 0 Å². The molecular formula is C40H79NO4SSi. The summed E-state index contributed by atoms with van der Waals surface area (Å²) in [6.45, 7) is 20.6. The first-order valence-electron chi connectivity index (χ1n) is 19.9. The highest BCUT2D eigenvalue weighted by atomic mass is 32.2. The summed E-state index contributed by atoms with van der Waals surface area (Å²) in [4.78, 5) is 13.3. The topological polar surface area (TPSA) is 64.6 Å². The van der Waals surface area contributed by atoms with Gasteiger partial charge < -0.3 is 9.74 Å². The molecular weight excluding hydrogens is 619 g/mol. The number of unbranched alkanes of at least 4 members (excludes halogenated alkanes) is 15. The zero-order chi connectivity index (χ0) is 35.1. The highest BCUT2D eigenvalue weighted by Crippen LogP contribution is 2.38. The summed E-state index contributed by atoms with van der Waals surface area (Å²) in [5, 5.41) is 3.27. The summed E-state index contributed by atoms with van der Waals surface area (Å²) in [6, 6.07) is -0.246. The average Bonchev–Trinajstić information content (AvgIpc) is 3.31. The molecule has 0 bridgehead atoms. The van der Waals surface area contributed by atoms with E-state index in [1.54, 1.807) is 0 Å². The molecule has 0 radical (unpaired) electrons. The second-order valence-electron chi connectivity index (χ2n) is 16.9. The van der Waals surface area contributed by atoms with Crippen molar-refractivity contribution in [1.29, 1.82) is 0 Å². The molecule has 5 nitrogen and oxygen atoms in total. The van der Waals surface area contributed by atoms with Gasteiger partial charge in [0.2, 0.25) is 5.91 Å². The first kappa shape index (κ1) is 44.5. The zero-order valence-electron chi connectivity index (χ0n) is 32.6. The van der Waals surface area contributed by atoms with Gasteiger partial charge in [-0.3, -0.25) is 8.98 Å². The van der Waals surface area contributed by atoms with Crippen molar-refractivity contribution in [2.75, 3.05) is 5.75 Å². The van der Waals surface area contributed by atoms with Crippen LogP contribution >= 0.6 is 0 Å². The highest BCUT2D eigenvalue weighted by molar-refractivity contribution is 7.80. The van der Waals surface area contributed by atoms with Crippen molar-refractivity contribution < 1.29 is 17.6 Å². The normalized spacial score (nSPS) is 19.8. The van der Waals surface area contributed by atoms with Gasteiger partial charge in [0.1, 0.15) is 6.10 Å². The van der Waals surface area contributed by atoms with Crippen LogP contribution in [0.3, 0.4) is 0 Å². The Kier molecular flexibility index (Phi) is 24.1. The van der Waals surface area contributed by atoms with Gasteiger partial charge >= 0.3 is 0 Å². The van der Waals surface area contributed by atoms with E-state index in [4.69, 9.17) is 8.61 Å². The fraction of sp³-hybridized carbons (Fsp3) is 0.925. The molecule has 0 spiro atoms. The van der Waals surface area contributed by atoms with Gasteiger partial charge in [-0.15, -0.1) is 0 Å². The Morgan fingerprint density at radius 3 is 1.70 bits per heavy atom. The van der Waals surface area contributed by atoms with Crippen LogP contribution in [-0.4, -0.2) is 42.4 Å². The molecule has 0 aliphatic carbocycles. The number of rotatable bonds is 28. The van der Waals surface area contributed by atoms with E-state index in [0.717, 1.165) is 31.1 Å². The van der Waals surface area contributed by atoms with Crippen LogP contribution < -0.4 is 5.32 Å². The van der Waals surface area contributed by atoms with Crippen molar-refractivity contribution in [2.45, 2.75) is 220 Å². The molecule has 1 heterocycles. The van der Waals surface area contributed by atoms with Crippen molar-refractivity contribution in [3.8, 4) is 0 Å². The minimum absolute atomic E-state index is 0.00882. The SMILES string of the molecule is CC(C)CCCCCCCCC/C=C/[C@H]1O[S@@](=O)C[C@@H]1NC(=O)C[C@@H](CCCCCCCCCCCC(C)C)O[Si](C)(C)C(C)(C)C. The lowest BCUT2D eigenvalue weighted by Gasteiger charge is -2.39. The van der Waals surface area contributed by atoms with Crippen LogP contribution in [0.1, 0.15) is 183 Å². The van der Waals surface area contributed by atoms with Gasteiger partial charge in [-0.05, 0) is 49.2 Å². The number of hydrogen-bond donors (Lipinski definition) is 1. The van der Waals surface area contributed by atoms with E-state index in [1.807, 2.05) is 6.08 Å². The van der Waals surface area contributed by atoms with E-state index in [2.05, 4.69) is 73.0 Å². The molecule has 0 saturated carbocycles. The van der Waals surface area contributed by atoms with Crippen molar-refractivity contribution in [3.05, 3.63) is 12.2 Å². The van der Waals surface area contributed by atoms with Crippen molar-refractivity contribution in [3.63, 3.8) is 0 Å². The Morgan fingerprint density at radius 1 is 0.787 bits per heavy atom. The first-order valence-corrected chi connectivity index (χ1v) is 24.1. The number of carbonyl (C=O) groups is 1. The van der Waals surface area contributed by atoms with Crippen molar-refractivity contribution >= 4 is 25.3 Å². The Labute approximate surface area is 296 Å². The molecule has 1 saturated heterocycles. The van der Waals surface area contributed by atoms with Crippen LogP contribution in [-0.2, 0) is 24.5 Å². The maximum Gasteiger partial charge on any atom is 0.222 e. The number of hydrogen-bond acceptors (Lipinski definition) is 4. The molecule has 0 aromatic heterocycles. The van der Waals surface area contributed by atoms with Gasteiger partial charge in [-0.2, -0.15) is 0 Å². The van der Waals surface area contributed by atoms with Crippen molar-refractivity contribution in [2.24, 2.45) is 11.8 Å². The fourth-order valence-electron chi connectivity index (χ4n) is 6.12. The number of nitrogens with one attached hydrogen (secondary N) is 1. The largest absolute Gasteiger partial charge is 0.413 e. The zero-order valence-corrected chi connectivity index (χ0v) is 34.5. The fourth-order valence-corrected chi connectivity index (χ4v) is 8.60. The summed E-state index contributed by atoms with van der Waals surface area (Å²) in [7, 11) is -2.02. The van der Waals surface area contributed by atoms with Crippen LogP contribution in [0.15, 0.2) is 12.2 Å². The molecule has 1 amide bonds. The minimum atomic E-state index is -2.02. The molecule has 1 aliphatic rings. The third kappa shape index (κ3) is 22.8. The van der Waals surface area contributed by atoms with Crippen LogP contribution in [0.5, 0.6) is 0 Å². The Bertz CT molecular complexity index is 854. The summed E-state index contributed by atoms with van der Waals surface area (Å²) in [6.07, 6.45) is 29.6. The predicted molar refractivity (Wildman–Crippen MR) is 208 cm³/mol. The predicted octanol–water partition coefficient (Wildman–Crippen LogP) is 12.0. The van der Waals surface area contributed by atoms with E-state index in [-0.39, 0.29) is 29.2 Å². The van der Waals surface area contributed by atoms with Gasteiger partial charge in [-0.1, -0.05) is 170 Å². The molecule has 4 atom stereocenters. The van der Waals surface area contributed by atoms with Crippen LogP contribution in [0.25, 0.3) is 0 Å². The van der Waals surface area contributed by atoms with Gasteiger partial charge in [0.25, 0.3) is 0 Å². The Morgan fingerprint density at radius 2 is 1.23 bits per heavy atom. The molecule has 1 N–H and O–H groups in total. The summed E-state index contributed by atoms with van der Waals surface area (Å²) in [5.74, 6) is 1.99. The minimum Gasteiger partial charge on any atom is -0.413 e. The first-order chi connectivity index (χ1) is 22.2. The molecule has 1 fully saturated rings. The van der Waals surface area contributed by atoms with Gasteiger partial charge in [0.05, 0.1) is 24.3 Å². The summed E-state index contributed by atoms with van der Waals surface area (Å²) >= 11 is -1.36. The lowest BCUT2D eigenvalue weighted by atomic mass is 10.0. The number of carbonyl (C=O) groups excluding carboxylic acids is 1. The molecule has 278 valence electrons. The van der Waals surface area contributed by atoms with Crippen molar-refractivity contribution in [1.82, 2.24) is 5.32 Å². The monoisotopic (exact) mass is 698 g/mol. The second kappa shape index (κ2) is 25.4. The smallest absolute Gasteiger partial charge is 0.222 e. The van der Waals surface area contributed by atoms with E-state index in [9.17, 15) is 9.00 Å². The molecule has 7 heteroatoms. The highest BCUT2D eigenvalue weighted by Gasteiger charge is 2.40. The van der Waals surface area contributed by atoms with E-state index >= 15 is 0 Å². The van der Waals surface area contributed by atoms with Gasteiger partial charge in [0.15, 0.2) is 19.4 Å². The van der Waals surface area contributed by atoms with E-state index in [0.29, 0.717) is 12.2 Å². The third-order valence-corrected chi connectivity index (χ3v) is 15.8. The standard InChI is InChI=1S/C40H79NO4SSi/c1-34(2)28-24-20-16-12-10-14-18-22-26-30-36(45-47(8,9)40(5,6)7)32-39(42)41-37-33-46(43)44-38(37)31-27-23-19-15-11-13-17-21-25-29-35(3)4/h27,31,34-38H,10-26,28-30,32-33H2,1-9H3,(H,41,42)/b31-27+/t36-,37+,38-,46-/m1/s1. The maximum atomic E-state index is 13.3. The quantitative estimate of drug-likeness (QED) is 0.0502. The average molecular weight is 698 g/mol. The van der Waals surface area contributed by atoms with Crippen LogP contribution in [0.2, 0.25) is 18.1 Å².